The summed E-state index contributed by atoms with van der Waals surface area (Å²) in [4.78, 5) is 0. The number of benzene rings is 1. The number of aromatic nitrogens is 2. The lowest BCUT2D eigenvalue weighted by atomic mass is 10.0. The normalized spacial score (nSPS) is 12.4. The summed E-state index contributed by atoms with van der Waals surface area (Å²) >= 11 is 6.20. The van der Waals surface area contributed by atoms with Gasteiger partial charge in [0, 0.05) is 13.5 Å². The van der Waals surface area contributed by atoms with Crippen LogP contribution in [0.1, 0.15) is 30.0 Å². The predicted octanol–water partition coefficient (Wildman–Crippen LogP) is 3.06. The van der Waals surface area contributed by atoms with Crippen LogP contribution >= 0.6 is 11.6 Å². The number of nitrogens with zero attached hydrogens (tertiary/aromatic N) is 2. The molecule has 0 saturated heterocycles. The average Bonchev–Trinajstić information content (AvgIpc) is 2.66. The summed E-state index contributed by atoms with van der Waals surface area (Å²) in [5.74, 6) is 0.804. The molecule has 0 amide bonds. The molecule has 1 aromatic heterocycles. The van der Waals surface area contributed by atoms with Gasteiger partial charge >= 0.3 is 0 Å². The molecule has 1 atom stereocenters. The Morgan fingerprint density at radius 3 is 2.50 bits per heavy atom. The molecule has 1 unspecified atom stereocenters. The molecule has 108 valence electrons. The van der Waals surface area contributed by atoms with Crippen LogP contribution in [0.25, 0.3) is 0 Å². The van der Waals surface area contributed by atoms with Crippen LogP contribution < -0.4 is 4.74 Å². The minimum absolute atomic E-state index is 0.435. The molecule has 2 aromatic rings. The number of ether oxygens (including phenoxy) is 1. The van der Waals surface area contributed by atoms with Crippen molar-refractivity contribution in [1.82, 2.24) is 9.78 Å². The van der Waals surface area contributed by atoms with Crippen LogP contribution in [-0.4, -0.2) is 21.5 Å². The van der Waals surface area contributed by atoms with Gasteiger partial charge in [-0.25, -0.2) is 0 Å². The summed E-state index contributed by atoms with van der Waals surface area (Å²) in [5, 5.41) is 15.2. The fraction of sp³-hybridized carbons (Fsp3) is 0.400. The van der Waals surface area contributed by atoms with Gasteiger partial charge in [-0.05, 0) is 31.5 Å². The zero-order valence-corrected chi connectivity index (χ0v) is 12.7. The van der Waals surface area contributed by atoms with Crippen molar-refractivity contribution < 1.29 is 9.84 Å². The van der Waals surface area contributed by atoms with Crippen LogP contribution in [0.5, 0.6) is 5.75 Å². The Hall–Kier alpha value is -1.52. The Labute approximate surface area is 123 Å². The van der Waals surface area contributed by atoms with E-state index in [1.807, 2.05) is 45.2 Å². The van der Waals surface area contributed by atoms with Crippen molar-refractivity contribution in [3.8, 4) is 5.75 Å². The van der Waals surface area contributed by atoms with E-state index in [4.69, 9.17) is 16.3 Å². The van der Waals surface area contributed by atoms with Gasteiger partial charge in [-0.15, -0.1) is 0 Å². The molecule has 1 N–H and O–H groups in total. The van der Waals surface area contributed by atoms with Gasteiger partial charge in [0.1, 0.15) is 5.75 Å². The van der Waals surface area contributed by atoms with Gasteiger partial charge < -0.3 is 9.84 Å². The van der Waals surface area contributed by atoms with Gasteiger partial charge in [0.2, 0.25) is 0 Å². The molecule has 0 aliphatic rings. The lowest BCUT2D eigenvalue weighted by Gasteiger charge is -2.12. The highest BCUT2D eigenvalue weighted by molar-refractivity contribution is 6.31. The maximum atomic E-state index is 10.3. The van der Waals surface area contributed by atoms with Crippen LogP contribution in [0, 0.1) is 6.92 Å². The number of aliphatic hydroxyl groups excluding tert-OH is 1. The van der Waals surface area contributed by atoms with Gasteiger partial charge in [0.15, 0.2) is 0 Å². The first kappa shape index (κ1) is 14.9. The summed E-state index contributed by atoms with van der Waals surface area (Å²) in [5.41, 5.74) is 2.46. The first-order valence-electron chi connectivity index (χ1n) is 6.61. The van der Waals surface area contributed by atoms with Crippen molar-refractivity contribution in [3.05, 3.63) is 46.2 Å². The topological polar surface area (TPSA) is 47.3 Å². The summed E-state index contributed by atoms with van der Waals surface area (Å²) in [6, 6.07) is 7.45. The monoisotopic (exact) mass is 294 g/mol. The first-order chi connectivity index (χ1) is 9.52. The zero-order valence-electron chi connectivity index (χ0n) is 11.9. The number of hydrogen-bond acceptors (Lipinski definition) is 3. The second-order valence-corrected chi connectivity index (χ2v) is 5.07. The zero-order chi connectivity index (χ0) is 14.7. The Kier molecular flexibility index (Phi) is 4.68. The molecule has 0 aliphatic carbocycles. The molecule has 1 aromatic carbocycles. The summed E-state index contributed by atoms with van der Waals surface area (Å²) in [6.45, 7) is 4.43. The van der Waals surface area contributed by atoms with E-state index in [2.05, 4.69) is 5.10 Å². The fourth-order valence-electron chi connectivity index (χ4n) is 2.16. The standard InChI is InChI=1S/C15H19ClN2O2/c1-4-20-12-7-5-11(6-8-12)14(19)9-13-15(16)10(2)17-18(13)3/h5-8,14,19H,4,9H2,1-3H3. The molecule has 0 spiro atoms. The molecule has 0 aliphatic heterocycles. The number of hydrogen-bond donors (Lipinski definition) is 1. The molecule has 20 heavy (non-hydrogen) atoms. The molecule has 2 rings (SSSR count). The van der Waals surface area contributed by atoms with E-state index in [9.17, 15) is 5.11 Å². The van der Waals surface area contributed by atoms with Crippen molar-refractivity contribution in [2.24, 2.45) is 7.05 Å². The van der Waals surface area contributed by atoms with Crippen LogP contribution in [0.4, 0.5) is 0 Å². The van der Waals surface area contributed by atoms with E-state index in [0.717, 1.165) is 22.7 Å². The maximum absolute atomic E-state index is 10.3. The lowest BCUT2D eigenvalue weighted by molar-refractivity contribution is 0.175. The molecule has 0 radical (unpaired) electrons. The highest BCUT2D eigenvalue weighted by Crippen LogP contribution is 2.26. The SMILES string of the molecule is CCOc1ccc(C(O)Cc2c(Cl)c(C)nn2C)cc1. The molecular formula is C15H19ClN2O2. The van der Waals surface area contributed by atoms with Crippen molar-refractivity contribution in [3.63, 3.8) is 0 Å². The fourth-order valence-corrected chi connectivity index (χ4v) is 2.39. The lowest BCUT2D eigenvalue weighted by Crippen LogP contribution is -2.07. The highest BCUT2D eigenvalue weighted by atomic mass is 35.5. The van der Waals surface area contributed by atoms with Gasteiger partial charge in [-0.2, -0.15) is 5.10 Å². The third-order valence-electron chi connectivity index (χ3n) is 3.22. The van der Waals surface area contributed by atoms with E-state index >= 15 is 0 Å². The van der Waals surface area contributed by atoms with E-state index in [-0.39, 0.29) is 0 Å². The van der Waals surface area contributed by atoms with Gasteiger partial charge in [-0.3, -0.25) is 4.68 Å². The molecule has 0 fully saturated rings. The average molecular weight is 295 g/mol. The molecular weight excluding hydrogens is 276 g/mol. The Bertz CT molecular complexity index is 578. The van der Waals surface area contributed by atoms with Gasteiger partial charge in [-0.1, -0.05) is 23.7 Å². The predicted molar refractivity (Wildman–Crippen MR) is 79.2 cm³/mol. The van der Waals surface area contributed by atoms with E-state index in [1.165, 1.54) is 0 Å². The number of rotatable bonds is 5. The first-order valence-corrected chi connectivity index (χ1v) is 6.99. The van der Waals surface area contributed by atoms with Crippen molar-refractivity contribution in [2.75, 3.05) is 6.61 Å². The number of halogens is 1. The summed E-state index contributed by atoms with van der Waals surface area (Å²) < 4.78 is 7.10. The van der Waals surface area contributed by atoms with Crippen molar-refractivity contribution in [1.29, 1.82) is 0 Å². The van der Waals surface area contributed by atoms with Crippen LogP contribution in [0.2, 0.25) is 5.02 Å². The smallest absolute Gasteiger partial charge is 0.119 e. The third-order valence-corrected chi connectivity index (χ3v) is 3.72. The van der Waals surface area contributed by atoms with Gasteiger partial charge in [0.25, 0.3) is 0 Å². The minimum Gasteiger partial charge on any atom is -0.494 e. The van der Waals surface area contributed by atoms with Crippen LogP contribution in [0.15, 0.2) is 24.3 Å². The summed E-state index contributed by atoms with van der Waals surface area (Å²) in [7, 11) is 1.83. The van der Waals surface area contributed by atoms with Crippen LogP contribution in [0.3, 0.4) is 0 Å². The molecule has 0 bridgehead atoms. The Morgan fingerprint density at radius 1 is 1.35 bits per heavy atom. The van der Waals surface area contributed by atoms with E-state index < -0.39 is 6.10 Å². The molecule has 4 nitrogen and oxygen atoms in total. The third kappa shape index (κ3) is 3.14. The quantitative estimate of drug-likeness (QED) is 0.922. The maximum Gasteiger partial charge on any atom is 0.119 e. The summed E-state index contributed by atoms with van der Waals surface area (Å²) in [6.07, 6.45) is -0.178. The Balaban J connectivity index is 2.13. The molecule has 5 heteroatoms. The molecule has 0 saturated carbocycles. The van der Waals surface area contributed by atoms with Gasteiger partial charge in [0.05, 0.1) is 29.1 Å². The minimum atomic E-state index is -0.613. The largest absolute Gasteiger partial charge is 0.494 e. The second-order valence-electron chi connectivity index (χ2n) is 4.69. The highest BCUT2D eigenvalue weighted by Gasteiger charge is 2.16. The Morgan fingerprint density at radius 2 is 2.00 bits per heavy atom. The van der Waals surface area contributed by atoms with Crippen LogP contribution in [-0.2, 0) is 13.5 Å². The van der Waals surface area contributed by atoms with Crippen molar-refractivity contribution >= 4 is 11.6 Å². The number of aliphatic hydroxyl groups is 1. The number of aryl methyl sites for hydroxylation is 2. The molecule has 1 heterocycles. The van der Waals surface area contributed by atoms with E-state index in [1.54, 1.807) is 4.68 Å². The second kappa shape index (κ2) is 6.29. The van der Waals surface area contributed by atoms with Crippen molar-refractivity contribution in [2.45, 2.75) is 26.4 Å². The van der Waals surface area contributed by atoms with E-state index in [0.29, 0.717) is 18.1 Å².